The van der Waals surface area contributed by atoms with Crippen LogP contribution in [0.25, 0.3) is 0 Å². The van der Waals surface area contributed by atoms with Gasteiger partial charge in [0.25, 0.3) is 0 Å². The molecule has 0 aliphatic heterocycles. The van der Waals surface area contributed by atoms with E-state index in [2.05, 4.69) is 10.3 Å². The quantitative estimate of drug-likeness (QED) is 0.725. The summed E-state index contributed by atoms with van der Waals surface area (Å²) in [7, 11) is 0.941. The minimum absolute atomic E-state index is 0.109. The molecule has 0 fully saturated rings. The summed E-state index contributed by atoms with van der Waals surface area (Å²) in [6, 6.07) is 10.2. The van der Waals surface area contributed by atoms with Crippen molar-refractivity contribution in [2.24, 2.45) is 0 Å². The van der Waals surface area contributed by atoms with Gasteiger partial charge in [0.05, 0.1) is 23.1 Å². The highest BCUT2D eigenvalue weighted by Crippen LogP contribution is 2.27. The summed E-state index contributed by atoms with van der Waals surface area (Å²) in [6.45, 7) is 1.75. The summed E-state index contributed by atoms with van der Waals surface area (Å²) in [5.74, 6) is 0.376. The molecule has 140 valence electrons. The van der Waals surface area contributed by atoms with Gasteiger partial charge in [-0.2, -0.15) is 0 Å². The Balaban J connectivity index is 2.05. The molecule has 0 bridgehead atoms. The van der Waals surface area contributed by atoms with Crippen molar-refractivity contribution in [3.8, 4) is 5.75 Å². The number of sulfonamides is 1. The minimum atomic E-state index is -3.52. The van der Waals surface area contributed by atoms with Gasteiger partial charge >= 0.3 is 0 Å². The summed E-state index contributed by atoms with van der Waals surface area (Å²) >= 11 is 1.24. The molecule has 0 radical (unpaired) electrons. The van der Waals surface area contributed by atoms with Gasteiger partial charge in [0.15, 0.2) is 0 Å². The minimum Gasteiger partial charge on any atom is -0.495 e. The standard InChI is InChI=1S/C17H21N3O4S2/c1-12(17(21)19-14-7-5-6-8-15(14)24-4)25-16-10-9-13(11-18-16)26(22,23)20(2)3/h5-12H,1-4H3,(H,19,21)/t12-/m1/s1. The van der Waals surface area contributed by atoms with E-state index in [0.717, 1.165) is 4.31 Å². The zero-order valence-corrected chi connectivity index (χ0v) is 16.6. The van der Waals surface area contributed by atoms with E-state index in [0.29, 0.717) is 16.5 Å². The monoisotopic (exact) mass is 395 g/mol. The number of aromatic nitrogens is 1. The van der Waals surface area contributed by atoms with Crippen LogP contribution >= 0.6 is 11.8 Å². The van der Waals surface area contributed by atoms with E-state index in [9.17, 15) is 13.2 Å². The van der Waals surface area contributed by atoms with Crippen molar-refractivity contribution in [1.29, 1.82) is 0 Å². The molecule has 2 aromatic rings. The molecule has 9 heteroatoms. The number of carbonyl (C=O) groups is 1. The summed E-state index contributed by atoms with van der Waals surface area (Å²) in [5, 5.41) is 2.95. The number of thioether (sulfide) groups is 1. The molecule has 0 saturated carbocycles. The second-order valence-corrected chi connectivity index (χ2v) is 9.08. The van der Waals surface area contributed by atoms with Crippen molar-refractivity contribution >= 4 is 33.4 Å². The van der Waals surface area contributed by atoms with Crippen LogP contribution in [0.2, 0.25) is 0 Å². The lowest BCUT2D eigenvalue weighted by molar-refractivity contribution is -0.115. The predicted molar refractivity (Wildman–Crippen MR) is 102 cm³/mol. The molecule has 1 atom stereocenters. The fraction of sp³-hybridized carbons (Fsp3) is 0.294. The topological polar surface area (TPSA) is 88.6 Å². The Hall–Kier alpha value is -2.10. The molecule has 0 spiro atoms. The van der Waals surface area contributed by atoms with Crippen molar-refractivity contribution in [3.05, 3.63) is 42.6 Å². The second-order valence-electron chi connectivity index (χ2n) is 5.57. The first kappa shape index (κ1) is 20.2. The van der Waals surface area contributed by atoms with Gasteiger partial charge in [0.1, 0.15) is 10.6 Å². The molecule has 26 heavy (non-hydrogen) atoms. The lowest BCUT2D eigenvalue weighted by Crippen LogP contribution is -2.23. The maximum atomic E-state index is 12.4. The molecule has 0 saturated heterocycles. The van der Waals surface area contributed by atoms with Gasteiger partial charge < -0.3 is 10.1 Å². The van der Waals surface area contributed by atoms with Gasteiger partial charge in [-0.3, -0.25) is 4.79 Å². The van der Waals surface area contributed by atoms with Crippen molar-refractivity contribution in [2.45, 2.75) is 22.1 Å². The summed E-state index contributed by atoms with van der Waals surface area (Å²) in [4.78, 5) is 16.6. The largest absolute Gasteiger partial charge is 0.495 e. The van der Waals surface area contributed by atoms with Gasteiger partial charge in [-0.25, -0.2) is 17.7 Å². The lowest BCUT2D eigenvalue weighted by Gasteiger charge is -2.14. The van der Waals surface area contributed by atoms with Gasteiger partial charge in [-0.15, -0.1) is 0 Å². The first-order valence-corrected chi connectivity index (χ1v) is 10.1. The Morgan fingerprint density at radius 3 is 2.50 bits per heavy atom. The third kappa shape index (κ3) is 4.75. The van der Waals surface area contributed by atoms with Crippen LogP contribution in [0.5, 0.6) is 5.75 Å². The Morgan fingerprint density at radius 1 is 1.23 bits per heavy atom. The van der Waals surface area contributed by atoms with E-state index < -0.39 is 15.3 Å². The third-order valence-corrected chi connectivity index (χ3v) is 6.37. The molecule has 0 unspecified atom stereocenters. The van der Waals surface area contributed by atoms with Crippen molar-refractivity contribution in [1.82, 2.24) is 9.29 Å². The number of nitrogens with one attached hydrogen (secondary N) is 1. The first-order valence-electron chi connectivity index (χ1n) is 7.75. The zero-order valence-electron chi connectivity index (χ0n) is 15.0. The zero-order chi connectivity index (χ0) is 19.3. The fourth-order valence-electron chi connectivity index (χ4n) is 2.02. The highest BCUT2D eigenvalue weighted by atomic mass is 32.2. The van der Waals surface area contributed by atoms with E-state index in [-0.39, 0.29) is 10.8 Å². The number of rotatable bonds is 7. The van der Waals surface area contributed by atoms with Crippen molar-refractivity contribution < 1.29 is 17.9 Å². The van der Waals surface area contributed by atoms with Crippen LogP contribution < -0.4 is 10.1 Å². The van der Waals surface area contributed by atoms with Gasteiger partial charge in [0.2, 0.25) is 15.9 Å². The van der Waals surface area contributed by atoms with E-state index in [1.165, 1.54) is 45.2 Å². The van der Waals surface area contributed by atoms with Crippen LogP contribution in [0.3, 0.4) is 0 Å². The van der Waals surface area contributed by atoms with Crippen LogP contribution in [-0.4, -0.2) is 50.1 Å². The molecule has 1 N–H and O–H groups in total. The normalized spacial score (nSPS) is 12.7. The van der Waals surface area contributed by atoms with Crippen LogP contribution in [0.1, 0.15) is 6.92 Å². The Kier molecular flexibility index (Phi) is 6.63. The third-order valence-electron chi connectivity index (χ3n) is 3.52. The summed E-state index contributed by atoms with van der Waals surface area (Å²) < 4.78 is 30.4. The molecule has 1 aromatic carbocycles. The smallest absolute Gasteiger partial charge is 0.244 e. The number of hydrogen-bond acceptors (Lipinski definition) is 6. The van der Waals surface area contributed by atoms with Crippen LogP contribution in [-0.2, 0) is 14.8 Å². The number of methoxy groups -OCH3 is 1. The number of para-hydroxylation sites is 2. The molecular weight excluding hydrogens is 374 g/mol. The van der Waals surface area contributed by atoms with Gasteiger partial charge in [0, 0.05) is 20.3 Å². The van der Waals surface area contributed by atoms with Crippen LogP contribution in [0.15, 0.2) is 52.5 Å². The molecule has 2 rings (SSSR count). The van der Waals surface area contributed by atoms with Gasteiger partial charge in [-0.05, 0) is 31.2 Å². The average molecular weight is 396 g/mol. The van der Waals surface area contributed by atoms with E-state index in [1.807, 2.05) is 6.07 Å². The molecule has 0 aliphatic rings. The molecule has 0 aliphatic carbocycles. The number of hydrogen-bond donors (Lipinski definition) is 1. The molecular formula is C17H21N3O4S2. The van der Waals surface area contributed by atoms with Crippen molar-refractivity contribution in [2.75, 3.05) is 26.5 Å². The average Bonchev–Trinajstić information content (AvgIpc) is 2.62. The number of carbonyl (C=O) groups excluding carboxylic acids is 1. The van der Waals surface area contributed by atoms with E-state index >= 15 is 0 Å². The number of amides is 1. The molecule has 1 amide bonds. The number of benzene rings is 1. The van der Waals surface area contributed by atoms with Crippen LogP contribution in [0.4, 0.5) is 5.69 Å². The van der Waals surface area contributed by atoms with Crippen molar-refractivity contribution in [3.63, 3.8) is 0 Å². The highest BCUT2D eigenvalue weighted by Gasteiger charge is 2.19. The summed E-state index contributed by atoms with van der Waals surface area (Å²) in [6.07, 6.45) is 1.29. The number of pyridine rings is 1. The van der Waals surface area contributed by atoms with E-state index in [4.69, 9.17) is 4.74 Å². The van der Waals surface area contributed by atoms with E-state index in [1.54, 1.807) is 31.2 Å². The van der Waals surface area contributed by atoms with Gasteiger partial charge in [-0.1, -0.05) is 23.9 Å². The van der Waals surface area contributed by atoms with Crippen LogP contribution in [0, 0.1) is 0 Å². The SMILES string of the molecule is COc1ccccc1NC(=O)[C@@H](C)Sc1ccc(S(=O)(=O)N(C)C)cn1. The Labute approximate surface area is 157 Å². The Bertz CT molecular complexity index is 868. The highest BCUT2D eigenvalue weighted by molar-refractivity contribution is 8.00. The maximum Gasteiger partial charge on any atom is 0.244 e. The Morgan fingerprint density at radius 2 is 1.92 bits per heavy atom. The fourth-order valence-corrected chi connectivity index (χ4v) is 3.65. The maximum absolute atomic E-state index is 12.4. The number of nitrogens with zero attached hydrogens (tertiary/aromatic N) is 2. The second kappa shape index (κ2) is 8.52. The first-order chi connectivity index (χ1) is 12.3. The molecule has 7 nitrogen and oxygen atoms in total. The molecule has 1 aromatic heterocycles. The lowest BCUT2D eigenvalue weighted by atomic mass is 10.3. The number of ether oxygens (including phenoxy) is 1. The molecule has 1 heterocycles. The predicted octanol–water partition coefficient (Wildman–Crippen LogP) is 2.46. The summed E-state index contributed by atoms with van der Waals surface area (Å²) in [5.41, 5.74) is 0.591. The number of anilines is 1.